The van der Waals surface area contributed by atoms with E-state index in [1.54, 1.807) is 44.2 Å². The van der Waals surface area contributed by atoms with E-state index in [-0.39, 0.29) is 22.0 Å². The Kier molecular flexibility index (Phi) is 7.49. The molecule has 29 heavy (non-hydrogen) atoms. The van der Waals surface area contributed by atoms with Crippen LogP contribution < -0.4 is 5.32 Å². The molecule has 2 aromatic rings. The quantitative estimate of drug-likeness (QED) is 0.542. The third-order valence-electron chi connectivity index (χ3n) is 3.86. The number of amides is 1. The standard InChI is InChI=1S/C20H21NO7S/c1-5-27-19(24)14-11(2)16(20(25)26-4)29-18(14)21-17(23)15(28-12(3)22)13-9-7-6-8-10-13/h6-10,15H,5H2,1-4H3,(H,21,23)/t15-/m0/s1. The molecular weight excluding hydrogens is 398 g/mol. The Balaban J connectivity index is 2.44. The molecule has 2 rings (SSSR count). The summed E-state index contributed by atoms with van der Waals surface area (Å²) in [5.74, 6) is -2.64. The first-order valence-electron chi connectivity index (χ1n) is 8.71. The molecule has 0 fully saturated rings. The molecule has 1 N–H and O–H groups in total. The Morgan fingerprint density at radius 1 is 1.10 bits per heavy atom. The maximum atomic E-state index is 12.9. The summed E-state index contributed by atoms with van der Waals surface area (Å²) in [6.45, 7) is 4.52. The second kappa shape index (κ2) is 9.83. The molecule has 0 saturated carbocycles. The van der Waals surface area contributed by atoms with E-state index in [4.69, 9.17) is 14.2 Å². The first-order chi connectivity index (χ1) is 13.8. The monoisotopic (exact) mass is 419 g/mol. The number of rotatable bonds is 7. The maximum absolute atomic E-state index is 12.9. The van der Waals surface area contributed by atoms with Crippen molar-refractivity contribution in [1.29, 1.82) is 0 Å². The fourth-order valence-electron chi connectivity index (χ4n) is 2.58. The smallest absolute Gasteiger partial charge is 0.348 e. The van der Waals surface area contributed by atoms with Gasteiger partial charge in [0.2, 0.25) is 6.10 Å². The van der Waals surface area contributed by atoms with Gasteiger partial charge in [0.15, 0.2) is 0 Å². The number of esters is 3. The molecule has 0 radical (unpaired) electrons. The van der Waals surface area contributed by atoms with Crippen molar-refractivity contribution in [3.05, 3.63) is 51.9 Å². The van der Waals surface area contributed by atoms with Crippen molar-refractivity contribution in [1.82, 2.24) is 0 Å². The molecule has 1 amide bonds. The summed E-state index contributed by atoms with van der Waals surface area (Å²) in [5, 5.41) is 2.70. The van der Waals surface area contributed by atoms with Crippen molar-refractivity contribution in [2.45, 2.75) is 26.9 Å². The van der Waals surface area contributed by atoms with Gasteiger partial charge in [0.1, 0.15) is 9.88 Å². The van der Waals surface area contributed by atoms with Crippen molar-refractivity contribution < 1.29 is 33.4 Å². The molecule has 1 aromatic carbocycles. The largest absolute Gasteiger partial charge is 0.465 e. The van der Waals surface area contributed by atoms with Gasteiger partial charge < -0.3 is 19.5 Å². The summed E-state index contributed by atoms with van der Waals surface area (Å²) in [7, 11) is 1.22. The van der Waals surface area contributed by atoms with Crippen LogP contribution in [-0.2, 0) is 23.8 Å². The van der Waals surface area contributed by atoms with Gasteiger partial charge in [0.05, 0.1) is 19.3 Å². The number of anilines is 1. The molecular formula is C20H21NO7S. The van der Waals surface area contributed by atoms with Gasteiger partial charge in [-0.25, -0.2) is 9.59 Å². The van der Waals surface area contributed by atoms with Gasteiger partial charge in [-0.05, 0) is 19.4 Å². The van der Waals surface area contributed by atoms with Crippen LogP contribution in [0, 0.1) is 6.92 Å². The number of methoxy groups -OCH3 is 1. The molecule has 1 atom stereocenters. The zero-order chi connectivity index (χ0) is 21.6. The number of hydrogen-bond donors (Lipinski definition) is 1. The fourth-order valence-corrected chi connectivity index (χ4v) is 3.70. The highest BCUT2D eigenvalue weighted by molar-refractivity contribution is 7.18. The summed E-state index contributed by atoms with van der Waals surface area (Å²) in [5.41, 5.74) is 0.846. The summed E-state index contributed by atoms with van der Waals surface area (Å²) in [4.78, 5) is 49.0. The molecule has 1 heterocycles. The number of carbonyl (C=O) groups excluding carboxylic acids is 4. The molecule has 9 heteroatoms. The predicted molar refractivity (Wildman–Crippen MR) is 106 cm³/mol. The number of thiophene rings is 1. The van der Waals surface area contributed by atoms with E-state index < -0.39 is 29.9 Å². The minimum absolute atomic E-state index is 0.0558. The number of benzene rings is 1. The van der Waals surface area contributed by atoms with E-state index in [1.165, 1.54) is 14.0 Å². The van der Waals surface area contributed by atoms with Crippen molar-refractivity contribution in [2.24, 2.45) is 0 Å². The van der Waals surface area contributed by atoms with Crippen LogP contribution in [0.1, 0.15) is 51.1 Å². The Bertz CT molecular complexity index is 920. The van der Waals surface area contributed by atoms with E-state index >= 15 is 0 Å². The average molecular weight is 419 g/mol. The Hall–Kier alpha value is -3.20. The Morgan fingerprint density at radius 2 is 1.76 bits per heavy atom. The molecule has 154 valence electrons. The van der Waals surface area contributed by atoms with Crippen molar-refractivity contribution >= 4 is 40.2 Å². The highest BCUT2D eigenvalue weighted by Gasteiger charge is 2.30. The lowest BCUT2D eigenvalue weighted by Gasteiger charge is -2.17. The normalized spacial score (nSPS) is 11.3. The zero-order valence-electron chi connectivity index (χ0n) is 16.4. The van der Waals surface area contributed by atoms with Gasteiger partial charge in [0, 0.05) is 12.5 Å². The van der Waals surface area contributed by atoms with Crippen LogP contribution in [0.2, 0.25) is 0 Å². The first-order valence-corrected chi connectivity index (χ1v) is 9.53. The van der Waals surface area contributed by atoms with Crippen LogP contribution in [0.15, 0.2) is 30.3 Å². The van der Waals surface area contributed by atoms with Crippen LogP contribution in [0.4, 0.5) is 5.00 Å². The number of nitrogens with one attached hydrogen (secondary N) is 1. The second-order valence-electron chi connectivity index (χ2n) is 5.86. The summed E-state index contributed by atoms with van der Waals surface area (Å²) < 4.78 is 15.0. The van der Waals surface area contributed by atoms with Gasteiger partial charge in [0.25, 0.3) is 5.91 Å². The third kappa shape index (κ3) is 5.20. The third-order valence-corrected chi connectivity index (χ3v) is 5.05. The van der Waals surface area contributed by atoms with Crippen molar-refractivity contribution in [3.8, 4) is 0 Å². The van der Waals surface area contributed by atoms with Crippen molar-refractivity contribution in [3.63, 3.8) is 0 Å². The fraction of sp³-hybridized carbons (Fsp3) is 0.300. The molecule has 0 aliphatic carbocycles. The summed E-state index contributed by atoms with van der Waals surface area (Å²) in [6.07, 6.45) is -1.23. The van der Waals surface area contributed by atoms with Gasteiger partial charge in [-0.3, -0.25) is 9.59 Å². The molecule has 0 aliphatic rings. The molecule has 0 bridgehead atoms. The van der Waals surface area contributed by atoms with Crippen LogP contribution in [0.25, 0.3) is 0 Å². The SMILES string of the molecule is CCOC(=O)c1c(NC(=O)[C@@H](OC(C)=O)c2ccccc2)sc(C(=O)OC)c1C. The van der Waals surface area contributed by atoms with Crippen LogP contribution in [0.3, 0.4) is 0 Å². The van der Waals surface area contributed by atoms with Gasteiger partial charge in [-0.2, -0.15) is 0 Å². The molecule has 8 nitrogen and oxygen atoms in total. The first kappa shape index (κ1) is 22.1. The predicted octanol–water partition coefficient (Wildman–Crippen LogP) is 3.26. The Labute approximate surface area is 171 Å². The highest BCUT2D eigenvalue weighted by atomic mass is 32.1. The summed E-state index contributed by atoms with van der Waals surface area (Å²) >= 11 is 0.885. The van der Waals surface area contributed by atoms with E-state index in [1.807, 2.05) is 0 Å². The lowest BCUT2D eigenvalue weighted by Crippen LogP contribution is -2.25. The van der Waals surface area contributed by atoms with Crippen molar-refractivity contribution in [2.75, 3.05) is 19.0 Å². The van der Waals surface area contributed by atoms with Crippen LogP contribution in [0.5, 0.6) is 0 Å². The van der Waals surface area contributed by atoms with E-state index in [0.717, 1.165) is 11.3 Å². The van der Waals surface area contributed by atoms with E-state index in [0.29, 0.717) is 11.1 Å². The number of ether oxygens (including phenoxy) is 3. The van der Waals surface area contributed by atoms with Gasteiger partial charge >= 0.3 is 17.9 Å². The van der Waals surface area contributed by atoms with Crippen LogP contribution in [-0.4, -0.2) is 37.5 Å². The van der Waals surface area contributed by atoms with Gasteiger partial charge in [-0.15, -0.1) is 11.3 Å². The number of hydrogen-bond acceptors (Lipinski definition) is 8. The van der Waals surface area contributed by atoms with E-state index in [2.05, 4.69) is 5.32 Å². The number of carbonyl (C=O) groups is 4. The Morgan fingerprint density at radius 3 is 2.31 bits per heavy atom. The van der Waals surface area contributed by atoms with Gasteiger partial charge in [-0.1, -0.05) is 30.3 Å². The van der Waals surface area contributed by atoms with E-state index in [9.17, 15) is 19.2 Å². The molecule has 0 spiro atoms. The minimum atomic E-state index is -1.23. The minimum Gasteiger partial charge on any atom is -0.465 e. The maximum Gasteiger partial charge on any atom is 0.348 e. The van der Waals surface area contributed by atoms with Crippen LogP contribution >= 0.6 is 11.3 Å². The lowest BCUT2D eigenvalue weighted by molar-refractivity contribution is -0.152. The average Bonchev–Trinajstić information content (AvgIpc) is 3.02. The second-order valence-corrected chi connectivity index (χ2v) is 6.88. The summed E-state index contributed by atoms with van der Waals surface area (Å²) in [6, 6.07) is 8.44. The lowest BCUT2D eigenvalue weighted by atomic mass is 10.1. The molecule has 1 aromatic heterocycles. The topological polar surface area (TPSA) is 108 Å². The molecule has 0 saturated heterocycles. The molecule has 0 unspecified atom stereocenters. The zero-order valence-corrected chi connectivity index (χ0v) is 17.3. The highest BCUT2D eigenvalue weighted by Crippen LogP contribution is 2.35. The molecule has 0 aliphatic heterocycles.